The summed E-state index contributed by atoms with van der Waals surface area (Å²) in [4.78, 5) is 28.3. The Bertz CT molecular complexity index is 1060. The van der Waals surface area contributed by atoms with E-state index in [-0.39, 0.29) is 12.0 Å². The summed E-state index contributed by atoms with van der Waals surface area (Å²) in [6.45, 7) is 3.08. The molecule has 1 amide bonds. The normalized spacial score (nSPS) is 19.1. The summed E-state index contributed by atoms with van der Waals surface area (Å²) in [6, 6.07) is 11.2. The Hall–Kier alpha value is -3.36. The van der Waals surface area contributed by atoms with Crippen LogP contribution in [-0.2, 0) is 16.0 Å². The Morgan fingerprint density at radius 1 is 1.09 bits per heavy atom. The molecule has 2 aliphatic rings. The van der Waals surface area contributed by atoms with Crippen LogP contribution in [0.3, 0.4) is 0 Å². The number of morpholine rings is 1. The number of nitrogens with one attached hydrogen (secondary N) is 1. The van der Waals surface area contributed by atoms with Gasteiger partial charge < -0.3 is 14.8 Å². The molecule has 0 saturated carbocycles. The standard InChI is InChI=1S/C24H25N5O3/c30-24(21(18-5-2-7-25-15-18)29-10-12-31-13-11-29)28-16-19-14-17-4-1-6-20(22(17)32-19)23-26-8-3-9-27-23/h1-9,15,19,21H,10-14,16H2,(H,28,30)/t19-,21+/m1/s1. The molecular weight excluding hydrogens is 406 g/mol. The first-order valence-corrected chi connectivity index (χ1v) is 10.8. The van der Waals surface area contributed by atoms with Crippen molar-refractivity contribution in [3.63, 3.8) is 0 Å². The number of carbonyl (C=O) groups excluding carboxylic acids is 1. The van der Waals surface area contributed by atoms with Crippen LogP contribution in [0.5, 0.6) is 5.75 Å². The smallest absolute Gasteiger partial charge is 0.242 e. The molecule has 0 aliphatic carbocycles. The molecule has 164 valence electrons. The highest BCUT2D eigenvalue weighted by Crippen LogP contribution is 2.37. The number of amides is 1. The van der Waals surface area contributed by atoms with Crippen LogP contribution in [0, 0.1) is 0 Å². The molecule has 3 aromatic rings. The van der Waals surface area contributed by atoms with E-state index in [4.69, 9.17) is 9.47 Å². The lowest BCUT2D eigenvalue weighted by molar-refractivity contribution is -0.128. The Morgan fingerprint density at radius 2 is 1.94 bits per heavy atom. The second kappa shape index (κ2) is 9.42. The maximum atomic E-state index is 13.3. The highest BCUT2D eigenvalue weighted by atomic mass is 16.5. The van der Waals surface area contributed by atoms with Crippen molar-refractivity contribution in [1.82, 2.24) is 25.2 Å². The van der Waals surface area contributed by atoms with E-state index in [2.05, 4.69) is 31.2 Å². The number of hydrogen-bond acceptors (Lipinski definition) is 7. The highest BCUT2D eigenvalue weighted by Gasteiger charge is 2.31. The van der Waals surface area contributed by atoms with E-state index >= 15 is 0 Å². The van der Waals surface area contributed by atoms with Gasteiger partial charge in [-0.25, -0.2) is 9.97 Å². The van der Waals surface area contributed by atoms with E-state index in [1.54, 1.807) is 30.9 Å². The maximum absolute atomic E-state index is 13.3. The Labute approximate surface area is 186 Å². The number of rotatable bonds is 6. The molecule has 5 rings (SSSR count). The highest BCUT2D eigenvalue weighted by molar-refractivity contribution is 5.83. The van der Waals surface area contributed by atoms with Crippen molar-refractivity contribution in [3.8, 4) is 17.1 Å². The monoisotopic (exact) mass is 431 g/mol. The average Bonchev–Trinajstić information content (AvgIpc) is 3.28. The quantitative estimate of drug-likeness (QED) is 0.639. The van der Waals surface area contributed by atoms with E-state index < -0.39 is 6.04 Å². The first-order chi connectivity index (χ1) is 15.8. The van der Waals surface area contributed by atoms with Gasteiger partial charge in [-0.15, -0.1) is 0 Å². The summed E-state index contributed by atoms with van der Waals surface area (Å²) in [7, 11) is 0. The van der Waals surface area contributed by atoms with Crippen LogP contribution in [0.15, 0.2) is 61.2 Å². The molecule has 0 bridgehead atoms. The Morgan fingerprint density at radius 3 is 2.72 bits per heavy atom. The van der Waals surface area contributed by atoms with Gasteiger partial charge in [0.1, 0.15) is 17.9 Å². The molecule has 32 heavy (non-hydrogen) atoms. The molecule has 2 atom stereocenters. The first-order valence-electron chi connectivity index (χ1n) is 10.8. The molecule has 8 nitrogen and oxygen atoms in total. The van der Waals surface area contributed by atoms with E-state index in [9.17, 15) is 4.79 Å². The van der Waals surface area contributed by atoms with Crippen molar-refractivity contribution in [1.29, 1.82) is 0 Å². The van der Waals surface area contributed by atoms with Crippen LogP contribution in [-0.4, -0.2) is 64.7 Å². The third-order valence-corrected chi connectivity index (χ3v) is 5.80. The third kappa shape index (κ3) is 4.32. The molecule has 0 unspecified atom stereocenters. The van der Waals surface area contributed by atoms with Gasteiger partial charge in [-0.1, -0.05) is 18.2 Å². The van der Waals surface area contributed by atoms with Crippen molar-refractivity contribution in [2.75, 3.05) is 32.8 Å². The van der Waals surface area contributed by atoms with Gasteiger partial charge in [0.25, 0.3) is 0 Å². The van der Waals surface area contributed by atoms with Crippen LogP contribution in [0.4, 0.5) is 0 Å². The van der Waals surface area contributed by atoms with Gasteiger partial charge in [-0.05, 0) is 29.3 Å². The Balaban J connectivity index is 1.28. The van der Waals surface area contributed by atoms with E-state index in [1.165, 1.54) is 0 Å². The number of carbonyl (C=O) groups is 1. The first kappa shape index (κ1) is 20.5. The van der Waals surface area contributed by atoms with Crippen LogP contribution in [0.2, 0.25) is 0 Å². The second-order valence-electron chi connectivity index (χ2n) is 7.89. The number of para-hydroxylation sites is 1. The largest absolute Gasteiger partial charge is 0.487 e. The van der Waals surface area contributed by atoms with Gasteiger partial charge in [-0.2, -0.15) is 0 Å². The molecule has 1 saturated heterocycles. The molecule has 2 aromatic heterocycles. The minimum absolute atomic E-state index is 0.0499. The number of pyridine rings is 1. The van der Waals surface area contributed by atoms with Crippen LogP contribution >= 0.6 is 0 Å². The summed E-state index contributed by atoms with van der Waals surface area (Å²) in [5.41, 5.74) is 2.86. The van der Waals surface area contributed by atoms with Crippen molar-refractivity contribution >= 4 is 5.91 Å². The fraction of sp³-hybridized carbons (Fsp3) is 0.333. The Kier molecular flexibility index (Phi) is 6.04. The molecule has 2 aliphatic heterocycles. The number of ether oxygens (including phenoxy) is 2. The van der Waals surface area contributed by atoms with Crippen molar-refractivity contribution < 1.29 is 14.3 Å². The molecular formula is C24H25N5O3. The van der Waals surface area contributed by atoms with Gasteiger partial charge in [0, 0.05) is 44.3 Å². The fourth-order valence-electron chi connectivity index (χ4n) is 4.28. The van der Waals surface area contributed by atoms with Crippen molar-refractivity contribution in [2.24, 2.45) is 0 Å². The number of hydrogen-bond donors (Lipinski definition) is 1. The van der Waals surface area contributed by atoms with Crippen LogP contribution in [0.1, 0.15) is 17.2 Å². The molecule has 0 spiro atoms. The van der Waals surface area contributed by atoms with Gasteiger partial charge in [0.05, 0.1) is 25.3 Å². The van der Waals surface area contributed by atoms with Crippen molar-refractivity contribution in [3.05, 3.63) is 72.3 Å². The summed E-state index contributed by atoms with van der Waals surface area (Å²) in [5.74, 6) is 1.39. The summed E-state index contributed by atoms with van der Waals surface area (Å²) < 4.78 is 11.7. The number of nitrogens with zero attached hydrogens (tertiary/aromatic N) is 4. The summed E-state index contributed by atoms with van der Waals surface area (Å²) in [5, 5.41) is 3.11. The predicted octanol–water partition coefficient (Wildman–Crippen LogP) is 2.03. The summed E-state index contributed by atoms with van der Waals surface area (Å²) in [6.07, 6.45) is 7.50. The second-order valence-corrected chi connectivity index (χ2v) is 7.89. The summed E-state index contributed by atoms with van der Waals surface area (Å²) >= 11 is 0. The molecule has 4 heterocycles. The minimum atomic E-state index is -0.398. The van der Waals surface area contributed by atoms with Gasteiger partial charge in [0.15, 0.2) is 5.82 Å². The SMILES string of the molecule is O=C(NC[C@H]1Cc2cccc(-c3ncccn3)c2O1)[C@H](c1cccnc1)N1CCOCC1. The van der Waals surface area contributed by atoms with E-state index in [1.807, 2.05) is 24.3 Å². The lowest BCUT2D eigenvalue weighted by Gasteiger charge is -2.33. The van der Waals surface area contributed by atoms with Crippen molar-refractivity contribution in [2.45, 2.75) is 18.6 Å². The van der Waals surface area contributed by atoms with Gasteiger partial charge in [0.2, 0.25) is 5.91 Å². The lowest BCUT2D eigenvalue weighted by atomic mass is 10.0. The predicted molar refractivity (Wildman–Crippen MR) is 118 cm³/mol. The number of aromatic nitrogens is 3. The molecule has 0 radical (unpaired) electrons. The maximum Gasteiger partial charge on any atom is 0.242 e. The third-order valence-electron chi connectivity index (χ3n) is 5.80. The van der Waals surface area contributed by atoms with Crippen LogP contribution in [0.25, 0.3) is 11.4 Å². The zero-order valence-electron chi connectivity index (χ0n) is 17.7. The minimum Gasteiger partial charge on any atom is -0.487 e. The lowest BCUT2D eigenvalue weighted by Crippen LogP contribution is -2.47. The fourth-order valence-corrected chi connectivity index (χ4v) is 4.28. The zero-order valence-corrected chi connectivity index (χ0v) is 17.7. The zero-order chi connectivity index (χ0) is 21.8. The molecule has 8 heteroatoms. The van der Waals surface area contributed by atoms with E-state index in [0.717, 1.165) is 28.9 Å². The van der Waals surface area contributed by atoms with Gasteiger partial charge >= 0.3 is 0 Å². The molecule has 1 N–H and O–H groups in total. The van der Waals surface area contributed by atoms with Gasteiger partial charge in [-0.3, -0.25) is 14.7 Å². The van der Waals surface area contributed by atoms with Crippen LogP contribution < -0.4 is 10.1 Å². The average molecular weight is 431 g/mol. The number of fused-ring (bicyclic) bond motifs is 1. The topological polar surface area (TPSA) is 89.5 Å². The van der Waals surface area contributed by atoms with E-state index in [0.29, 0.717) is 38.7 Å². The molecule has 1 aromatic carbocycles. The number of benzene rings is 1. The molecule has 1 fully saturated rings.